The monoisotopic (exact) mass is 553 g/mol. The van der Waals surface area contributed by atoms with E-state index in [1.165, 1.54) is 35.8 Å². The number of amides is 3. The predicted molar refractivity (Wildman–Crippen MR) is 147 cm³/mol. The number of aromatic hydroxyl groups is 1. The molecule has 5 rings (SSSR count). The van der Waals surface area contributed by atoms with Gasteiger partial charge in [0.1, 0.15) is 23.2 Å². The van der Waals surface area contributed by atoms with E-state index in [4.69, 9.17) is 0 Å². The summed E-state index contributed by atoms with van der Waals surface area (Å²) < 4.78 is 25.1. The molecule has 208 valence electrons. The number of aryl methyl sites for hydroxylation is 1. The van der Waals surface area contributed by atoms with Crippen molar-refractivity contribution in [3.05, 3.63) is 59.7 Å². The largest absolute Gasteiger partial charge is 0.508 e. The SMILES string of the molecule is Cc1ccc(N(C(=O)[C@H]2N3C(=O)C[C@@H]3S(=O)(=O)C2(C)C)[C@@H](C(=O)NC2CCCCC2)c2ccc(O)cc2)cc1. The molecule has 1 aliphatic carbocycles. The summed E-state index contributed by atoms with van der Waals surface area (Å²) in [5.41, 5.74) is 1.81. The Labute approximate surface area is 229 Å². The predicted octanol–water partition coefficient (Wildman–Crippen LogP) is 3.36. The fourth-order valence-electron chi connectivity index (χ4n) is 6.07. The van der Waals surface area contributed by atoms with Crippen LogP contribution < -0.4 is 10.2 Å². The summed E-state index contributed by atoms with van der Waals surface area (Å²) in [4.78, 5) is 43.8. The van der Waals surface area contributed by atoms with Gasteiger partial charge >= 0.3 is 0 Å². The van der Waals surface area contributed by atoms with E-state index in [-0.39, 0.29) is 18.2 Å². The van der Waals surface area contributed by atoms with E-state index in [1.54, 1.807) is 24.3 Å². The average Bonchev–Trinajstić information content (AvgIpc) is 3.02. The van der Waals surface area contributed by atoms with E-state index in [0.29, 0.717) is 11.3 Å². The Morgan fingerprint density at radius 2 is 1.64 bits per heavy atom. The van der Waals surface area contributed by atoms with Gasteiger partial charge in [-0.1, -0.05) is 49.1 Å². The molecule has 10 heteroatoms. The van der Waals surface area contributed by atoms with Gasteiger partial charge in [-0.3, -0.25) is 19.3 Å². The second-order valence-electron chi connectivity index (χ2n) is 11.4. The smallest absolute Gasteiger partial charge is 0.252 e. The van der Waals surface area contributed by atoms with E-state index >= 15 is 0 Å². The molecule has 0 unspecified atom stereocenters. The summed E-state index contributed by atoms with van der Waals surface area (Å²) in [7, 11) is -3.83. The molecule has 2 aliphatic heterocycles. The Balaban J connectivity index is 1.63. The summed E-state index contributed by atoms with van der Waals surface area (Å²) in [6.45, 7) is 4.85. The van der Waals surface area contributed by atoms with Crippen LogP contribution in [0.3, 0.4) is 0 Å². The normalized spacial score (nSPS) is 24.4. The number of sulfone groups is 1. The van der Waals surface area contributed by atoms with Gasteiger partial charge in [-0.25, -0.2) is 8.42 Å². The molecule has 0 bridgehead atoms. The molecule has 3 amide bonds. The van der Waals surface area contributed by atoms with E-state index in [0.717, 1.165) is 37.7 Å². The highest BCUT2D eigenvalue weighted by Gasteiger charge is 2.68. The third-order valence-corrected chi connectivity index (χ3v) is 11.2. The van der Waals surface area contributed by atoms with Gasteiger partial charge in [-0.05, 0) is 63.4 Å². The molecule has 1 saturated carbocycles. The first-order valence-electron chi connectivity index (χ1n) is 13.5. The minimum atomic E-state index is -3.83. The molecule has 39 heavy (non-hydrogen) atoms. The Morgan fingerprint density at radius 1 is 1.03 bits per heavy atom. The number of carbonyl (C=O) groups excluding carboxylic acids is 3. The number of benzene rings is 2. The second-order valence-corrected chi connectivity index (χ2v) is 14.1. The minimum absolute atomic E-state index is 0.00967. The van der Waals surface area contributed by atoms with Crippen LogP contribution in [0.5, 0.6) is 5.75 Å². The highest BCUT2D eigenvalue weighted by molar-refractivity contribution is 7.93. The molecule has 2 saturated heterocycles. The molecule has 0 radical (unpaired) electrons. The van der Waals surface area contributed by atoms with Crippen molar-refractivity contribution in [3.8, 4) is 5.75 Å². The Bertz CT molecular complexity index is 1380. The summed E-state index contributed by atoms with van der Waals surface area (Å²) in [5.74, 6) is -1.42. The molecule has 2 heterocycles. The zero-order valence-corrected chi connectivity index (χ0v) is 23.3. The molecular weight excluding hydrogens is 518 g/mol. The zero-order valence-electron chi connectivity index (χ0n) is 22.5. The van der Waals surface area contributed by atoms with Crippen molar-refractivity contribution >= 4 is 33.2 Å². The van der Waals surface area contributed by atoms with Crippen molar-refractivity contribution in [2.24, 2.45) is 0 Å². The second kappa shape index (κ2) is 9.97. The van der Waals surface area contributed by atoms with Crippen LogP contribution in [0.4, 0.5) is 5.69 Å². The Hall–Kier alpha value is -3.40. The van der Waals surface area contributed by atoms with Crippen LogP contribution in [-0.2, 0) is 24.2 Å². The van der Waals surface area contributed by atoms with Crippen molar-refractivity contribution in [2.75, 3.05) is 4.90 Å². The van der Waals surface area contributed by atoms with Crippen LogP contribution in [0.25, 0.3) is 0 Å². The maximum absolute atomic E-state index is 14.6. The number of nitrogens with zero attached hydrogens (tertiary/aromatic N) is 2. The van der Waals surface area contributed by atoms with Gasteiger partial charge < -0.3 is 15.3 Å². The number of nitrogens with one attached hydrogen (secondary N) is 1. The van der Waals surface area contributed by atoms with Crippen molar-refractivity contribution in [2.45, 2.75) is 87.5 Å². The molecular formula is C29H35N3O6S. The number of phenolic OH excluding ortho intramolecular Hbond substituents is 1. The Kier molecular flexibility index (Phi) is 6.95. The van der Waals surface area contributed by atoms with Gasteiger partial charge in [0, 0.05) is 11.7 Å². The molecule has 2 aromatic carbocycles. The molecule has 0 aromatic heterocycles. The average molecular weight is 554 g/mol. The lowest BCUT2D eigenvalue weighted by molar-refractivity contribution is -0.149. The van der Waals surface area contributed by atoms with Gasteiger partial charge in [0.15, 0.2) is 9.84 Å². The van der Waals surface area contributed by atoms with Gasteiger partial charge in [0.25, 0.3) is 5.91 Å². The number of anilines is 1. The fourth-order valence-corrected chi connectivity index (χ4v) is 8.20. The van der Waals surface area contributed by atoms with Crippen LogP contribution in [0.2, 0.25) is 0 Å². The van der Waals surface area contributed by atoms with E-state index < -0.39 is 49.8 Å². The fraction of sp³-hybridized carbons (Fsp3) is 0.483. The van der Waals surface area contributed by atoms with Crippen molar-refractivity contribution in [1.82, 2.24) is 10.2 Å². The third kappa shape index (κ3) is 4.58. The molecule has 3 fully saturated rings. The van der Waals surface area contributed by atoms with Gasteiger partial charge in [-0.15, -0.1) is 0 Å². The first kappa shape index (κ1) is 27.2. The standard InChI is InChI=1S/C29H35N3O6S/c1-18-9-13-21(14-10-18)31(28(36)26-29(2,3)39(37,38)24-17-23(34)32(24)26)25(19-11-15-22(33)16-12-19)27(35)30-20-7-5-4-6-8-20/h9-16,20,24-26,33H,4-8,17H2,1-3H3,(H,30,35)/t24-,25+,26+/m0/s1. The number of fused-ring (bicyclic) bond motifs is 1. The Morgan fingerprint density at radius 3 is 2.23 bits per heavy atom. The van der Waals surface area contributed by atoms with Crippen molar-refractivity contribution in [1.29, 1.82) is 0 Å². The van der Waals surface area contributed by atoms with Crippen LogP contribution in [0, 0.1) is 6.92 Å². The molecule has 2 N–H and O–H groups in total. The van der Waals surface area contributed by atoms with E-state index in [1.807, 2.05) is 19.1 Å². The van der Waals surface area contributed by atoms with Crippen molar-refractivity contribution in [3.63, 3.8) is 0 Å². The summed E-state index contributed by atoms with van der Waals surface area (Å²) >= 11 is 0. The number of β-lactam (4-membered cyclic amide) rings is 1. The maximum atomic E-state index is 14.6. The first-order chi connectivity index (χ1) is 18.4. The molecule has 0 spiro atoms. The summed E-state index contributed by atoms with van der Waals surface area (Å²) in [5, 5.41) is 12.0. The number of hydrogen-bond donors (Lipinski definition) is 2. The zero-order chi connectivity index (χ0) is 28.1. The van der Waals surface area contributed by atoms with Gasteiger partial charge in [0.05, 0.1) is 11.2 Å². The lowest BCUT2D eigenvalue weighted by Crippen LogP contribution is -2.61. The number of carbonyl (C=O) groups is 3. The minimum Gasteiger partial charge on any atom is -0.508 e. The quantitative estimate of drug-likeness (QED) is 0.529. The molecule has 3 atom stereocenters. The van der Waals surface area contributed by atoms with Crippen LogP contribution in [0.1, 0.15) is 69.5 Å². The van der Waals surface area contributed by atoms with Crippen molar-refractivity contribution < 1.29 is 27.9 Å². The van der Waals surface area contributed by atoms with Crippen LogP contribution in [0.15, 0.2) is 48.5 Å². The molecule has 3 aliphatic rings. The third-order valence-electron chi connectivity index (χ3n) is 8.43. The summed E-state index contributed by atoms with van der Waals surface area (Å²) in [6, 6.07) is 10.7. The topological polar surface area (TPSA) is 124 Å². The number of hydrogen-bond acceptors (Lipinski definition) is 6. The number of rotatable bonds is 6. The van der Waals surface area contributed by atoms with Crippen LogP contribution in [-0.4, -0.2) is 58.4 Å². The summed E-state index contributed by atoms with van der Waals surface area (Å²) in [6.07, 6.45) is 4.64. The van der Waals surface area contributed by atoms with Gasteiger partial charge in [-0.2, -0.15) is 0 Å². The van der Waals surface area contributed by atoms with Crippen LogP contribution >= 0.6 is 0 Å². The highest BCUT2D eigenvalue weighted by atomic mass is 32.2. The lowest BCUT2D eigenvalue weighted by Gasteiger charge is -2.41. The lowest BCUT2D eigenvalue weighted by atomic mass is 9.93. The van der Waals surface area contributed by atoms with Gasteiger partial charge in [0.2, 0.25) is 11.8 Å². The number of phenols is 1. The van der Waals surface area contributed by atoms with E-state index in [2.05, 4.69) is 5.32 Å². The maximum Gasteiger partial charge on any atom is 0.252 e. The molecule has 2 aromatic rings. The molecule has 9 nitrogen and oxygen atoms in total. The first-order valence-corrected chi connectivity index (χ1v) is 15.0. The highest BCUT2D eigenvalue weighted by Crippen LogP contribution is 2.47. The van der Waals surface area contributed by atoms with E-state index in [9.17, 15) is 27.9 Å².